The molecule has 0 aliphatic carbocycles. The predicted octanol–water partition coefficient (Wildman–Crippen LogP) is 2.38. The van der Waals surface area contributed by atoms with Gasteiger partial charge in [0.1, 0.15) is 10.8 Å². The van der Waals surface area contributed by atoms with Crippen LogP contribution in [0.15, 0.2) is 40.2 Å². The summed E-state index contributed by atoms with van der Waals surface area (Å²) in [6.07, 6.45) is 1.83. The maximum absolute atomic E-state index is 10.6. The fourth-order valence-electron chi connectivity index (χ4n) is 1.36. The first-order valence-corrected chi connectivity index (χ1v) is 6.68. The molecule has 1 aromatic carbocycles. The van der Waals surface area contributed by atoms with Crippen LogP contribution in [-0.2, 0) is 0 Å². The van der Waals surface area contributed by atoms with Crippen LogP contribution in [0.4, 0.5) is 5.82 Å². The van der Waals surface area contributed by atoms with Gasteiger partial charge in [-0.3, -0.25) is 4.98 Å². The molecule has 0 spiro atoms. The van der Waals surface area contributed by atoms with E-state index in [0.717, 1.165) is 0 Å². The number of H-pyrrole nitrogens is 1. The van der Waals surface area contributed by atoms with Crippen LogP contribution in [-0.4, -0.2) is 16.2 Å². The van der Waals surface area contributed by atoms with Crippen LogP contribution in [0.3, 0.4) is 0 Å². The van der Waals surface area contributed by atoms with Crippen molar-refractivity contribution in [1.29, 1.82) is 0 Å². The van der Waals surface area contributed by atoms with Gasteiger partial charge in [0.25, 0.3) is 0 Å². The normalized spacial score (nSPS) is 9.50. The highest BCUT2D eigenvalue weighted by atomic mass is 32.2. The minimum Gasteiger partial charge on any atom is -0.385 e. The molecule has 0 amide bonds. The van der Waals surface area contributed by atoms with Gasteiger partial charge >= 0.3 is 5.69 Å². The Balaban J connectivity index is 0.000000184. The van der Waals surface area contributed by atoms with E-state index in [2.05, 4.69) is 48.1 Å². The zero-order valence-electron chi connectivity index (χ0n) is 10.7. The van der Waals surface area contributed by atoms with Gasteiger partial charge in [0, 0.05) is 6.07 Å². The first-order valence-electron chi connectivity index (χ1n) is 5.45. The van der Waals surface area contributed by atoms with Crippen LogP contribution in [0.1, 0.15) is 11.1 Å². The highest BCUT2D eigenvalue weighted by molar-refractivity contribution is 7.98. The van der Waals surface area contributed by atoms with Gasteiger partial charge in [-0.25, -0.2) is 4.79 Å². The van der Waals surface area contributed by atoms with Crippen LogP contribution in [0.2, 0.25) is 0 Å². The Morgan fingerprint density at radius 2 is 1.83 bits per heavy atom. The lowest BCUT2D eigenvalue weighted by Gasteiger charge is -1.93. The summed E-state index contributed by atoms with van der Waals surface area (Å²) in [5.41, 5.74) is 7.60. The second-order valence-corrected chi connectivity index (χ2v) is 4.67. The summed E-state index contributed by atoms with van der Waals surface area (Å²) in [4.78, 5) is 16.6. The molecular formula is C13H17N3OS. The maximum Gasteiger partial charge on any atom is 0.347 e. The van der Waals surface area contributed by atoms with Crippen LogP contribution < -0.4 is 11.4 Å². The molecule has 3 N–H and O–H groups in total. The fraction of sp³-hybridized carbons (Fsp3) is 0.231. The van der Waals surface area contributed by atoms with Gasteiger partial charge in [-0.1, -0.05) is 35.4 Å². The third-order valence-corrected chi connectivity index (χ3v) is 2.75. The zero-order chi connectivity index (χ0) is 13.5. The van der Waals surface area contributed by atoms with Crippen molar-refractivity contribution in [1.82, 2.24) is 9.97 Å². The largest absolute Gasteiger partial charge is 0.385 e. The SMILES string of the molecule is CSc1cc(N)[nH]c(=O)n1.Cc1cccc(C)c1. The van der Waals surface area contributed by atoms with Crippen LogP contribution in [0, 0.1) is 13.8 Å². The van der Waals surface area contributed by atoms with Crippen molar-refractivity contribution in [2.75, 3.05) is 12.0 Å². The number of hydrogen-bond acceptors (Lipinski definition) is 4. The average molecular weight is 263 g/mol. The standard InChI is InChI=1S/C8H10.C5H7N3OS/c1-7-4-3-5-8(2)6-7;1-10-4-2-3(6)7-5(9)8-4/h3-6H,1-2H3;2H,1H3,(H3,6,7,8,9). The van der Waals surface area contributed by atoms with E-state index in [4.69, 9.17) is 5.73 Å². The molecule has 0 aliphatic heterocycles. The van der Waals surface area contributed by atoms with E-state index in [1.54, 1.807) is 6.07 Å². The second-order valence-electron chi connectivity index (χ2n) is 3.84. The first-order chi connectivity index (χ1) is 8.51. The Hall–Kier alpha value is -1.75. The number of aromatic nitrogens is 2. The molecule has 1 aromatic heterocycles. The lowest BCUT2D eigenvalue weighted by molar-refractivity contribution is 0.989. The van der Waals surface area contributed by atoms with E-state index >= 15 is 0 Å². The fourth-order valence-corrected chi connectivity index (χ4v) is 1.78. The smallest absolute Gasteiger partial charge is 0.347 e. The molecule has 5 heteroatoms. The molecule has 18 heavy (non-hydrogen) atoms. The summed E-state index contributed by atoms with van der Waals surface area (Å²) in [6, 6.07) is 10.1. The molecule has 0 fully saturated rings. The quantitative estimate of drug-likeness (QED) is 0.612. The van der Waals surface area contributed by atoms with Gasteiger partial charge in [0.15, 0.2) is 0 Å². The van der Waals surface area contributed by atoms with E-state index in [1.807, 2.05) is 6.26 Å². The van der Waals surface area contributed by atoms with Gasteiger partial charge in [-0.15, -0.1) is 11.8 Å². The monoisotopic (exact) mass is 263 g/mol. The summed E-state index contributed by atoms with van der Waals surface area (Å²) in [7, 11) is 0. The second kappa shape index (κ2) is 6.86. The van der Waals surface area contributed by atoms with Gasteiger partial charge in [-0.05, 0) is 20.1 Å². The molecule has 0 saturated heterocycles. The molecule has 1 heterocycles. The van der Waals surface area contributed by atoms with Crippen molar-refractivity contribution in [2.45, 2.75) is 18.9 Å². The van der Waals surface area contributed by atoms with Crippen molar-refractivity contribution in [3.63, 3.8) is 0 Å². The van der Waals surface area contributed by atoms with Crippen molar-refractivity contribution < 1.29 is 0 Å². The number of nitrogens with two attached hydrogens (primary N) is 1. The molecule has 0 atom stereocenters. The number of nitrogens with one attached hydrogen (secondary N) is 1. The van der Waals surface area contributed by atoms with Crippen LogP contribution >= 0.6 is 11.8 Å². The number of thioether (sulfide) groups is 1. The maximum atomic E-state index is 10.6. The molecule has 0 aliphatic rings. The van der Waals surface area contributed by atoms with Gasteiger partial charge < -0.3 is 5.73 Å². The minimum absolute atomic E-state index is 0.351. The van der Waals surface area contributed by atoms with E-state index in [-0.39, 0.29) is 0 Å². The number of rotatable bonds is 1. The predicted molar refractivity (Wildman–Crippen MR) is 77.0 cm³/mol. The van der Waals surface area contributed by atoms with E-state index < -0.39 is 5.69 Å². The zero-order valence-corrected chi connectivity index (χ0v) is 11.5. The van der Waals surface area contributed by atoms with Gasteiger partial charge in [0.2, 0.25) is 0 Å². The molecule has 96 valence electrons. The number of aryl methyl sites for hydroxylation is 2. The minimum atomic E-state index is -0.399. The molecule has 0 radical (unpaired) electrons. The number of hydrogen-bond donors (Lipinski definition) is 2. The average Bonchev–Trinajstić information content (AvgIpc) is 2.28. The lowest BCUT2D eigenvalue weighted by Crippen LogP contribution is -2.12. The highest BCUT2D eigenvalue weighted by Crippen LogP contribution is 2.09. The number of benzene rings is 1. The van der Waals surface area contributed by atoms with E-state index in [0.29, 0.717) is 10.8 Å². The molecule has 0 saturated carbocycles. The Bertz CT molecular complexity index is 549. The van der Waals surface area contributed by atoms with Crippen molar-refractivity contribution in [3.8, 4) is 0 Å². The van der Waals surface area contributed by atoms with Gasteiger partial charge in [-0.2, -0.15) is 4.98 Å². The Morgan fingerprint density at radius 3 is 2.22 bits per heavy atom. The van der Waals surface area contributed by atoms with Gasteiger partial charge in [0.05, 0.1) is 0 Å². The van der Waals surface area contributed by atoms with Crippen LogP contribution in [0.5, 0.6) is 0 Å². The third-order valence-electron chi connectivity index (χ3n) is 2.12. The summed E-state index contributed by atoms with van der Waals surface area (Å²) in [5.74, 6) is 0.351. The summed E-state index contributed by atoms with van der Waals surface area (Å²) >= 11 is 1.39. The van der Waals surface area contributed by atoms with Crippen molar-refractivity contribution >= 4 is 17.6 Å². The topological polar surface area (TPSA) is 71.8 Å². The van der Waals surface area contributed by atoms with Crippen molar-refractivity contribution in [2.24, 2.45) is 0 Å². The van der Waals surface area contributed by atoms with E-state index in [9.17, 15) is 4.79 Å². The lowest BCUT2D eigenvalue weighted by atomic mass is 10.2. The molecule has 2 rings (SSSR count). The Kier molecular flexibility index (Phi) is 5.45. The number of nitrogens with zero attached hydrogens (tertiary/aromatic N) is 1. The summed E-state index contributed by atoms with van der Waals surface area (Å²) in [5, 5.41) is 0.640. The van der Waals surface area contributed by atoms with Crippen LogP contribution in [0.25, 0.3) is 0 Å². The molecule has 0 bridgehead atoms. The van der Waals surface area contributed by atoms with E-state index in [1.165, 1.54) is 22.9 Å². The Morgan fingerprint density at radius 1 is 1.22 bits per heavy atom. The molecular weight excluding hydrogens is 246 g/mol. The van der Waals surface area contributed by atoms with Crippen molar-refractivity contribution in [3.05, 3.63) is 51.9 Å². The molecule has 4 nitrogen and oxygen atoms in total. The Labute approximate surface area is 111 Å². The number of nitrogen functional groups attached to an aromatic ring is 1. The summed E-state index contributed by atoms with van der Waals surface area (Å²) in [6.45, 7) is 4.21. The number of aromatic amines is 1. The molecule has 2 aromatic rings. The first kappa shape index (κ1) is 14.3. The highest BCUT2D eigenvalue weighted by Gasteiger charge is 1.93. The third kappa shape index (κ3) is 5.05. The number of anilines is 1. The molecule has 0 unspecified atom stereocenters. The summed E-state index contributed by atoms with van der Waals surface area (Å²) < 4.78 is 0.